The van der Waals surface area contributed by atoms with Gasteiger partial charge in [0.15, 0.2) is 0 Å². The van der Waals surface area contributed by atoms with Gasteiger partial charge in [0.25, 0.3) is 0 Å². The molecule has 43 heavy (non-hydrogen) atoms. The Balaban J connectivity index is 1.34. The van der Waals surface area contributed by atoms with Crippen LogP contribution in [0.15, 0.2) is 150 Å². The van der Waals surface area contributed by atoms with Crippen LogP contribution in [0.2, 0.25) is 0 Å². The van der Waals surface area contributed by atoms with Gasteiger partial charge < -0.3 is 4.42 Å². The van der Waals surface area contributed by atoms with Gasteiger partial charge in [0.2, 0.25) is 0 Å². The molecule has 1 heterocycles. The Kier molecular flexibility index (Phi) is 5.39. The lowest BCUT2D eigenvalue weighted by Crippen LogP contribution is -2.06. The van der Waals surface area contributed by atoms with Gasteiger partial charge in [-0.25, -0.2) is 0 Å². The molecule has 0 N–H and O–H groups in total. The molecule has 0 saturated heterocycles. The fourth-order valence-electron chi connectivity index (χ4n) is 7.33. The van der Waals surface area contributed by atoms with Gasteiger partial charge in [-0.1, -0.05) is 140 Å². The summed E-state index contributed by atoms with van der Waals surface area (Å²) in [5.41, 5.74) is 8.54. The Morgan fingerprint density at radius 1 is 0.512 bits per heavy atom. The highest BCUT2D eigenvalue weighted by molar-refractivity contribution is 6.17. The molecule has 1 aliphatic carbocycles. The second-order valence-electron chi connectivity index (χ2n) is 11.6. The number of fused-ring (bicyclic) bond motifs is 6. The van der Waals surface area contributed by atoms with Gasteiger partial charge in [0.1, 0.15) is 11.3 Å². The molecule has 7 aromatic carbocycles. The summed E-state index contributed by atoms with van der Waals surface area (Å²) >= 11 is 0. The van der Waals surface area contributed by atoms with Crippen LogP contribution in [0.25, 0.3) is 71.6 Å². The largest absolute Gasteiger partial charge is 0.460 e. The Bertz CT molecular complexity index is 2330. The zero-order valence-corrected chi connectivity index (χ0v) is 23.6. The molecule has 1 nitrogen and oxygen atoms in total. The van der Waals surface area contributed by atoms with Crippen molar-refractivity contribution < 1.29 is 4.42 Å². The molecular weight excluding hydrogens is 520 g/mol. The first-order valence-corrected chi connectivity index (χ1v) is 15.0. The van der Waals surface area contributed by atoms with Crippen LogP contribution in [-0.2, 0) is 0 Å². The molecule has 1 unspecified atom stereocenters. The van der Waals surface area contributed by atoms with E-state index in [0.717, 1.165) is 17.8 Å². The minimum Gasteiger partial charge on any atom is -0.460 e. The topological polar surface area (TPSA) is 13.1 Å². The number of benzene rings is 7. The van der Waals surface area contributed by atoms with Gasteiger partial charge >= 0.3 is 0 Å². The molecule has 0 radical (unpaired) electrons. The van der Waals surface area contributed by atoms with Crippen LogP contribution in [-0.4, -0.2) is 0 Å². The van der Waals surface area contributed by atoms with Crippen molar-refractivity contribution in [3.05, 3.63) is 162 Å². The van der Waals surface area contributed by atoms with Crippen molar-refractivity contribution >= 4 is 49.4 Å². The minimum absolute atomic E-state index is 0.131. The van der Waals surface area contributed by atoms with E-state index in [1.165, 1.54) is 71.1 Å². The Hall–Kier alpha value is -5.40. The van der Waals surface area contributed by atoms with Crippen LogP contribution in [0.1, 0.15) is 29.2 Å². The predicted octanol–water partition coefficient (Wildman–Crippen LogP) is 11.8. The monoisotopic (exact) mass is 548 g/mol. The van der Waals surface area contributed by atoms with E-state index in [2.05, 4.69) is 152 Å². The molecule has 0 saturated carbocycles. The number of hydrogen-bond donors (Lipinski definition) is 0. The molecule has 0 aliphatic heterocycles. The number of rotatable bonds is 3. The maximum atomic E-state index is 6.63. The quantitative estimate of drug-likeness (QED) is 0.200. The van der Waals surface area contributed by atoms with Gasteiger partial charge in [0, 0.05) is 16.9 Å². The van der Waals surface area contributed by atoms with Crippen LogP contribution in [0.5, 0.6) is 0 Å². The van der Waals surface area contributed by atoms with Crippen molar-refractivity contribution in [3.8, 4) is 22.3 Å². The van der Waals surface area contributed by atoms with Gasteiger partial charge in [0.05, 0.1) is 0 Å². The highest BCUT2D eigenvalue weighted by Crippen LogP contribution is 2.49. The van der Waals surface area contributed by atoms with Crippen molar-refractivity contribution in [1.82, 2.24) is 0 Å². The summed E-state index contributed by atoms with van der Waals surface area (Å²) in [6.45, 7) is 0. The van der Waals surface area contributed by atoms with E-state index in [0.29, 0.717) is 0 Å². The Morgan fingerprint density at radius 3 is 1.88 bits per heavy atom. The number of para-hydroxylation sites is 1. The third-order valence-corrected chi connectivity index (χ3v) is 9.21. The zero-order valence-electron chi connectivity index (χ0n) is 23.6. The first kappa shape index (κ1) is 24.2. The van der Waals surface area contributed by atoms with E-state index in [-0.39, 0.29) is 5.92 Å². The molecule has 1 aliphatic rings. The SMILES string of the molecule is C1=Cc2c(oc3ccccc23)C(c2c3ccccc3c(-c3ccccc3-c3ccc4ccccc4c3)c3ccccc23)C1. The summed E-state index contributed by atoms with van der Waals surface area (Å²) in [6.07, 6.45) is 5.48. The molecular formula is C42H28O. The second-order valence-corrected chi connectivity index (χ2v) is 11.6. The Labute approximate surface area is 250 Å². The van der Waals surface area contributed by atoms with E-state index in [1.54, 1.807) is 0 Å². The molecule has 0 bridgehead atoms. The lowest BCUT2D eigenvalue weighted by Gasteiger charge is -2.25. The van der Waals surface area contributed by atoms with Crippen LogP contribution in [0.3, 0.4) is 0 Å². The van der Waals surface area contributed by atoms with E-state index in [4.69, 9.17) is 4.42 Å². The summed E-state index contributed by atoms with van der Waals surface area (Å²) in [5.74, 6) is 1.20. The van der Waals surface area contributed by atoms with Crippen molar-refractivity contribution in [2.45, 2.75) is 12.3 Å². The minimum atomic E-state index is 0.131. The standard InChI is InChI=1S/C42H28O/c1-2-13-28-26-29(25-24-27(28)12-1)30-14-3-4-16-32(30)40-33-17-5-7-19-35(33)41(36-20-8-6-18-34(36)40)38-22-11-21-37-31-15-9-10-23-39(31)43-42(37)38/h1-21,23-26,38H,22H2. The number of hydrogen-bond acceptors (Lipinski definition) is 1. The second kappa shape index (κ2) is 9.58. The number of allylic oxidation sites excluding steroid dienone is 1. The summed E-state index contributed by atoms with van der Waals surface area (Å²) in [5, 5.41) is 8.83. The van der Waals surface area contributed by atoms with E-state index < -0.39 is 0 Å². The average molecular weight is 549 g/mol. The van der Waals surface area contributed by atoms with Gasteiger partial charge in [-0.15, -0.1) is 0 Å². The van der Waals surface area contributed by atoms with E-state index >= 15 is 0 Å². The molecule has 0 spiro atoms. The lowest BCUT2D eigenvalue weighted by molar-refractivity contribution is 0.519. The smallest absolute Gasteiger partial charge is 0.134 e. The summed E-state index contributed by atoms with van der Waals surface area (Å²) < 4.78 is 6.63. The summed E-state index contributed by atoms with van der Waals surface area (Å²) in [7, 11) is 0. The third-order valence-electron chi connectivity index (χ3n) is 9.21. The van der Waals surface area contributed by atoms with Crippen molar-refractivity contribution in [2.24, 2.45) is 0 Å². The van der Waals surface area contributed by atoms with Gasteiger partial charge in [-0.2, -0.15) is 0 Å². The van der Waals surface area contributed by atoms with Crippen molar-refractivity contribution in [2.75, 3.05) is 0 Å². The molecule has 0 amide bonds. The normalized spacial score (nSPS) is 14.6. The Morgan fingerprint density at radius 2 is 1.12 bits per heavy atom. The molecule has 9 rings (SSSR count). The first-order chi connectivity index (χ1) is 21.3. The van der Waals surface area contributed by atoms with Crippen molar-refractivity contribution in [3.63, 3.8) is 0 Å². The van der Waals surface area contributed by atoms with E-state index in [1.807, 2.05) is 0 Å². The van der Waals surface area contributed by atoms with Crippen LogP contribution in [0, 0.1) is 0 Å². The molecule has 1 heteroatoms. The first-order valence-electron chi connectivity index (χ1n) is 15.0. The molecule has 1 aromatic heterocycles. The fraction of sp³-hybridized carbons (Fsp3) is 0.0476. The third kappa shape index (κ3) is 3.72. The highest BCUT2D eigenvalue weighted by atomic mass is 16.3. The predicted molar refractivity (Wildman–Crippen MR) is 182 cm³/mol. The zero-order chi connectivity index (χ0) is 28.3. The molecule has 1 atom stereocenters. The fourth-order valence-corrected chi connectivity index (χ4v) is 7.33. The summed E-state index contributed by atoms with van der Waals surface area (Å²) in [6, 6.07) is 50.7. The number of furan rings is 1. The highest BCUT2D eigenvalue weighted by Gasteiger charge is 2.29. The molecule has 0 fully saturated rings. The lowest BCUT2D eigenvalue weighted by atomic mass is 9.78. The van der Waals surface area contributed by atoms with Crippen molar-refractivity contribution in [1.29, 1.82) is 0 Å². The van der Waals surface area contributed by atoms with E-state index in [9.17, 15) is 0 Å². The molecule has 202 valence electrons. The summed E-state index contributed by atoms with van der Waals surface area (Å²) in [4.78, 5) is 0. The van der Waals surface area contributed by atoms with Crippen LogP contribution in [0.4, 0.5) is 0 Å². The van der Waals surface area contributed by atoms with Gasteiger partial charge in [-0.3, -0.25) is 0 Å². The maximum absolute atomic E-state index is 6.63. The van der Waals surface area contributed by atoms with Crippen LogP contribution < -0.4 is 0 Å². The maximum Gasteiger partial charge on any atom is 0.134 e. The molecule has 8 aromatic rings. The van der Waals surface area contributed by atoms with Crippen LogP contribution >= 0.6 is 0 Å². The average Bonchev–Trinajstić information content (AvgIpc) is 3.46. The van der Waals surface area contributed by atoms with Gasteiger partial charge in [-0.05, 0) is 78.7 Å².